The molecule has 0 heterocycles. The SMILES string of the molecule is C/C=C/C1CCC(C2CCC(c3ccc(OCC(F)(F)Oc4cc(F)c(OC(F)(F)F)c(F)c4)c(F)c3)CC2)CC1. The Bertz CT molecular complexity index is 1170. The van der Waals surface area contributed by atoms with Crippen molar-refractivity contribution in [1.29, 1.82) is 0 Å². The van der Waals surface area contributed by atoms with Gasteiger partial charge in [0.05, 0.1) is 0 Å². The molecule has 2 saturated carbocycles. The van der Waals surface area contributed by atoms with Crippen molar-refractivity contribution >= 4 is 0 Å². The minimum Gasteiger partial charge on any atom is -0.480 e. The fraction of sp³-hybridized carbons (Fsp3) is 0.533. The maximum absolute atomic E-state index is 14.7. The molecule has 0 saturated heterocycles. The first-order chi connectivity index (χ1) is 19.3. The van der Waals surface area contributed by atoms with Crippen LogP contribution in [0.4, 0.5) is 35.1 Å². The summed E-state index contributed by atoms with van der Waals surface area (Å²) in [6.07, 6.45) is 3.73. The number of rotatable bonds is 9. The van der Waals surface area contributed by atoms with Crippen LogP contribution in [0, 0.1) is 35.2 Å². The first-order valence-electron chi connectivity index (χ1n) is 13.7. The van der Waals surface area contributed by atoms with Crippen LogP contribution in [-0.4, -0.2) is 19.1 Å². The van der Waals surface area contributed by atoms with Gasteiger partial charge in [-0.25, -0.2) is 13.2 Å². The number of allylic oxidation sites excluding steroid dienone is 2. The van der Waals surface area contributed by atoms with Gasteiger partial charge in [0, 0.05) is 12.1 Å². The maximum Gasteiger partial charge on any atom is 0.573 e. The smallest absolute Gasteiger partial charge is 0.480 e. The van der Waals surface area contributed by atoms with Crippen LogP contribution in [0.3, 0.4) is 0 Å². The van der Waals surface area contributed by atoms with Crippen molar-refractivity contribution in [3.05, 3.63) is 65.5 Å². The summed E-state index contributed by atoms with van der Waals surface area (Å²) in [5, 5.41) is 0. The van der Waals surface area contributed by atoms with Crippen LogP contribution < -0.4 is 14.2 Å². The highest BCUT2D eigenvalue weighted by molar-refractivity contribution is 5.35. The predicted molar refractivity (Wildman–Crippen MR) is 135 cm³/mol. The fourth-order valence-corrected chi connectivity index (χ4v) is 6.07. The van der Waals surface area contributed by atoms with Gasteiger partial charge in [-0.05, 0) is 99.7 Å². The molecule has 2 fully saturated rings. The van der Waals surface area contributed by atoms with Crippen molar-refractivity contribution in [3.8, 4) is 17.2 Å². The van der Waals surface area contributed by atoms with Crippen LogP contribution in [0.2, 0.25) is 0 Å². The normalized spacial score (nSPS) is 23.9. The topological polar surface area (TPSA) is 27.7 Å². The molecule has 2 aromatic rings. The first-order valence-corrected chi connectivity index (χ1v) is 13.7. The highest BCUT2D eigenvalue weighted by Gasteiger charge is 2.37. The molecule has 0 amide bonds. The average Bonchev–Trinajstić information content (AvgIpc) is 2.90. The van der Waals surface area contributed by atoms with Gasteiger partial charge in [0.1, 0.15) is 5.75 Å². The average molecular weight is 593 g/mol. The summed E-state index contributed by atoms with van der Waals surface area (Å²) in [4.78, 5) is 0. The highest BCUT2D eigenvalue weighted by Crippen LogP contribution is 2.44. The Balaban J connectivity index is 1.29. The Kier molecular flexibility index (Phi) is 9.74. The molecular weight excluding hydrogens is 560 g/mol. The predicted octanol–water partition coefficient (Wildman–Crippen LogP) is 9.71. The monoisotopic (exact) mass is 592 g/mol. The quantitative estimate of drug-likeness (QED) is 0.214. The summed E-state index contributed by atoms with van der Waals surface area (Å²) < 4.78 is 120. The summed E-state index contributed by atoms with van der Waals surface area (Å²) in [6.45, 7) is 0.534. The molecule has 2 aliphatic rings. The summed E-state index contributed by atoms with van der Waals surface area (Å²) in [6, 6.07) is 4.37. The molecule has 4 rings (SSSR count). The zero-order chi connectivity index (χ0) is 29.8. The van der Waals surface area contributed by atoms with E-state index in [9.17, 15) is 35.1 Å². The van der Waals surface area contributed by atoms with E-state index in [-0.39, 0.29) is 18.1 Å². The molecule has 0 radical (unpaired) electrons. The second-order valence-electron chi connectivity index (χ2n) is 10.8. The van der Waals surface area contributed by atoms with Crippen LogP contribution in [0.15, 0.2) is 42.5 Å². The molecule has 2 aromatic carbocycles. The molecule has 0 aromatic heterocycles. The number of hydrogen-bond donors (Lipinski definition) is 0. The van der Waals surface area contributed by atoms with Crippen molar-refractivity contribution in [1.82, 2.24) is 0 Å². The van der Waals surface area contributed by atoms with Crippen molar-refractivity contribution in [2.45, 2.75) is 76.7 Å². The van der Waals surface area contributed by atoms with Gasteiger partial charge in [0.25, 0.3) is 0 Å². The molecule has 0 spiro atoms. The second kappa shape index (κ2) is 12.9. The van der Waals surface area contributed by atoms with E-state index in [1.807, 2.05) is 0 Å². The number of benzene rings is 2. The van der Waals surface area contributed by atoms with E-state index < -0.39 is 53.8 Å². The standard InChI is InChI=1S/C30H32F8O3/c1-2-3-18-4-6-19(7-5-18)20-8-10-21(11-9-20)22-12-13-27(24(31)14-22)39-17-29(34,35)40-23-15-25(32)28(26(33)16-23)41-30(36,37)38/h2-3,12-16,18-21H,4-11,17H2,1H3/b3-2+. The minimum atomic E-state index is -5.40. The molecule has 0 atom stereocenters. The maximum atomic E-state index is 14.7. The van der Waals surface area contributed by atoms with E-state index in [0.717, 1.165) is 37.2 Å². The zero-order valence-electron chi connectivity index (χ0n) is 22.5. The fourth-order valence-electron chi connectivity index (χ4n) is 6.07. The van der Waals surface area contributed by atoms with Crippen molar-refractivity contribution in [2.75, 3.05) is 6.61 Å². The molecule has 2 aliphatic carbocycles. The lowest BCUT2D eigenvalue weighted by molar-refractivity contribution is -0.276. The highest BCUT2D eigenvalue weighted by atomic mass is 19.4. The summed E-state index contributed by atoms with van der Waals surface area (Å²) in [5.74, 6) is -5.79. The lowest BCUT2D eigenvalue weighted by Gasteiger charge is -2.37. The third kappa shape index (κ3) is 8.52. The first kappa shape index (κ1) is 31.0. The molecule has 0 unspecified atom stereocenters. The van der Waals surface area contributed by atoms with E-state index >= 15 is 0 Å². The van der Waals surface area contributed by atoms with Gasteiger partial charge < -0.3 is 14.2 Å². The van der Waals surface area contributed by atoms with E-state index in [2.05, 4.69) is 28.5 Å². The van der Waals surface area contributed by atoms with Crippen LogP contribution in [0.1, 0.15) is 69.8 Å². The summed E-state index contributed by atoms with van der Waals surface area (Å²) in [5.41, 5.74) is 0.764. The van der Waals surface area contributed by atoms with Gasteiger partial charge in [0.2, 0.25) is 5.75 Å². The van der Waals surface area contributed by atoms with Crippen LogP contribution in [0.5, 0.6) is 17.2 Å². The van der Waals surface area contributed by atoms with Crippen molar-refractivity contribution in [2.24, 2.45) is 17.8 Å². The van der Waals surface area contributed by atoms with Crippen molar-refractivity contribution in [3.63, 3.8) is 0 Å². The van der Waals surface area contributed by atoms with E-state index in [1.165, 1.54) is 37.8 Å². The third-order valence-electron chi connectivity index (χ3n) is 8.00. The van der Waals surface area contributed by atoms with Crippen molar-refractivity contribution < 1.29 is 49.3 Å². The Morgan fingerprint density at radius 2 is 1.34 bits per heavy atom. The molecule has 226 valence electrons. The molecule has 11 heteroatoms. The Hall–Kier alpha value is -2.98. The Morgan fingerprint density at radius 1 is 0.756 bits per heavy atom. The Morgan fingerprint density at radius 3 is 1.88 bits per heavy atom. The van der Waals surface area contributed by atoms with E-state index in [4.69, 9.17) is 4.74 Å². The summed E-state index contributed by atoms with van der Waals surface area (Å²) >= 11 is 0. The number of hydrogen-bond acceptors (Lipinski definition) is 3. The van der Waals surface area contributed by atoms with Gasteiger partial charge in [-0.15, -0.1) is 13.2 Å². The minimum absolute atomic E-state index is 0.108. The van der Waals surface area contributed by atoms with Gasteiger partial charge in [-0.3, -0.25) is 0 Å². The van der Waals surface area contributed by atoms with Gasteiger partial charge in [0.15, 0.2) is 29.8 Å². The molecule has 0 bridgehead atoms. The van der Waals surface area contributed by atoms with Crippen LogP contribution in [-0.2, 0) is 0 Å². The lowest BCUT2D eigenvalue weighted by atomic mass is 9.68. The number of ether oxygens (including phenoxy) is 3. The number of alkyl halides is 5. The summed E-state index contributed by atoms with van der Waals surface area (Å²) in [7, 11) is 0. The molecule has 0 N–H and O–H groups in total. The van der Waals surface area contributed by atoms with E-state index in [0.29, 0.717) is 11.8 Å². The Labute approximate surface area is 233 Å². The number of halogens is 8. The van der Waals surface area contributed by atoms with Gasteiger partial charge in [-0.1, -0.05) is 18.2 Å². The zero-order valence-corrected chi connectivity index (χ0v) is 22.5. The van der Waals surface area contributed by atoms with Crippen LogP contribution >= 0.6 is 0 Å². The third-order valence-corrected chi connectivity index (χ3v) is 8.00. The molecule has 41 heavy (non-hydrogen) atoms. The van der Waals surface area contributed by atoms with Gasteiger partial charge >= 0.3 is 12.5 Å². The molecular formula is C30H32F8O3. The lowest BCUT2D eigenvalue weighted by Crippen LogP contribution is -2.32. The largest absolute Gasteiger partial charge is 0.573 e. The molecule has 3 nitrogen and oxygen atoms in total. The van der Waals surface area contributed by atoms with Crippen LogP contribution in [0.25, 0.3) is 0 Å². The second-order valence-corrected chi connectivity index (χ2v) is 10.8. The van der Waals surface area contributed by atoms with Gasteiger partial charge in [-0.2, -0.15) is 8.78 Å². The van der Waals surface area contributed by atoms with E-state index in [1.54, 1.807) is 6.07 Å². The molecule has 0 aliphatic heterocycles.